The number of nitrogens with one attached hydrogen (secondary N) is 1. The third-order valence-corrected chi connectivity index (χ3v) is 5.43. The van der Waals surface area contributed by atoms with E-state index < -0.39 is 9.84 Å². The van der Waals surface area contributed by atoms with Gasteiger partial charge in [0, 0.05) is 17.4 Å². The topological polar surface area (TPSA) is 89.0 Å². The van der Waals surface area contributed by atoms with E-state index in [4.69, 9.17) is 11.6 Å². The minimum absolute atomic E-state index is 0.121. The number of hydrogen-bond acceptors (Lipinski definition) is 6. The highest BCUT2D eigenvalue weighted by molar-refractivity contribution is 7.89. The summed E-state index contributed by atoms with van der Waals surface area (Å²) in [5.74, 6) is -0.508. The summed E-state index contributed by atoms with van der Waals surface area (Å²) in [5.41, 5.74) is 1.64. The normalized spacial score (nSPS) is 11.3. The van der Waals surface area contributed by atoms with Crippen molar-refractivity contribution < 1.29 is 13.2 Å². The first-order valence-electron chi connectivity index (χ1n) is 7.48. The molecule has 1 N–H and O–H groups in total. The molecule has 3 rings (SSSR count). The summed E-state index contributed by atoms with van der Waals surface area (Å²) in [6.45, 7) is 0. The van der Waals surface area contributed by atoms with E-state index in [2.05, 4.69) is 15.5 Å². The highest BCUT2D eigenvalue weighted by Gasteiger charge is 2.14. The molecule has 1 aromatic heterocycles. The molecule has 134 valence electrons. The average molecular weight is 408 g/mol. The Balaban J connectivity index is 1.77. The van der Waals surface area contributed by atoms with Crippen LogP contribution >= 0.6 is 22.9 Å². The van der Waals surface area contributed by atoms with Crippen LogP contribution in [0.3, 0.4) is 0 Å². The minimum Gasteiger partial charge on any atom is -0.296 e. The second-order valence-corrected chi connectivity index (χ2v) is 9.14. The number of hydrogen-bond donors (Lipinski definition) is 1. The second-order valence-electron chi connectivity index (χ2n) is 5.62. The Hall–Kier alpha value is -2.29. The monoisotopic (exact) mass is 407 g/mol. The van der Waals surface area contributed by atoms with Gasteiger partial charge < -0.3 is 0 Å². The number of aromatic nitrogens is 2. The Labute approximate surface area is 159 Å². The summed E-state index contributed by atoms with van der Waals surface area (Å²) in [4.78, 5) is 12.4. The first-order chi connectivity index (χ1) is 12.3. The average Bonchev–Trinajstić information content (AvgIpc) is 3.02. The van der Waals surface area contributed by atoms with Crippen LogP contribution in [0.25, 0.3) is 10.6 Å². The molecule has 0 aliphatic heterocycles. The molecule has 0 fully saturated rings. The van der Waals surface area contributed by atoms with Gasteiger partial charge in [-0.05, 0) is 23.8 Å². The SMILES string of the molecule is CS(=O)(=O)Cc1cccc(C(=O)Nc2nnc(-c3ccccc3Cl)s2)c1. The molecule has 1 heterocycles. The third-order valence-electron chi connectivity index (χ3n) is 3.37. The molecule has 26 heavy (non-hydrogen) atoms. The molecular weight excluding hydrogens is 394 g/mol. The van der Waals surface area contributed by atoms with Crippen molar-refractivity contribution in [3.63, 3.8) is 0 Å². The fraction of sp³-hybridized carbons (Fsp3) is 0.118. The largest absolute Gasteiger partial charge is 0.296 e. The van der Waals surface area contributed by atoms with Crippen LogP contribution < -0.4 is 5.32 Å². The summed E-state index contributed by atoms with van der Waals surface area (Å²) in [6, 6.07) is 13.7. The summed E-state index contributed by atoms with van der Waals surface area (Å²) in [5, 5.41) is 12.2. The molecule has 0 aliphatic rings. The maximum atomic E-state index is 12.4. The van der Waals surface area contributed by atoms with Crippen LogP contribution in [-0.4, -0.2) is 30.8 Å². The minimum atomic E-state index is -3.17. The predicted molar refractivity (Wildman–Crippen MR) is 103 cm³/mol. The van der Waals surface area contributed by atoms with Gasteiger partial charge in [-0.15, -0.1) is 10.2 Å². The Morgan fingerprint density at radius 1 is 1.15 bits per heavy atom. The van der Waals surface area contributed by atoms with Crippen molar-refractivity contribution in [1.82, 2.24) is 10.2 Å². The van der Waals surface area contributed by atoms with Crippen molar-refractivity contribution >= 4 is 43.8 Å². The predicted octanol–water partition coefficient (Wildman–Crippen LogP) is 3.66. The summed E-state index contributed by atoms with van der Waals surface area (Å²) >= 11 is 7.35. The summed E-state index contributed by atoms with van der Waals surface area (Å²) < 4.78 is 22.8. The molecule has 0 saturated heterocycles. The molecule has 0 aliphatic carbocycles. The zero-order valence-corrected chi connectivity index (χ0v) is 16.0. The van der Waals surface area contributed by atoms with Crippen LogP contribution in [0, 0.1) is 0 Å². The van der Waals surface area contributed by atoms with E-state index in [9.17, 15) is 13.2 Å². The number of rotatable bonds is 5. The summed E-state index contributed by atoms with van der Waals surface area (Å²) in [6.07, 6.45) is 1.15. The number of carbonyl (C=O) groups excluding carboxylic acids is 1. The van der Waals surface area contributed by atoms with Crippen molar-refractivity contribution in [1.29, 1.82) is 0 Å². The van der Waals surface area contributed by atoms with Gasteiger partial charge in [-0.2, -0.15) is 0 Å². The smallest absolute Gasteiger partial charge is 0.257 e. The Kier molecular flexibility index (Phi) is 5.36. The number of halogens is 1. The first-order valence-corrected chi connectivity index (χ1v) is 10.7. The van der Waals surface area contributed by atoms with E-state index in [1.165, 1.54) is 11.3 Å². The molecule has 1 amide bonds. The van der Waals surface area contributed by atoms with E-state index in [-0.39, 0.29) is 11.7 Å². The number of carbonyl (C=O) groups is 1. The van der Waals surface area contributed by atoms with E-state index >= 15 is 0 Å². The van der Waals surface area contributed by atoms with E-state index in [1.54, 1.807) is 30.3 Å². The highest BCUT2D eigenvalue weighted by atomic mass is 35.5. The lowest BCUT2D eigenvalue weighted by Gasteiger charge is -2.04. The number of anilines is 1. The lowest BCUT2D eigenvalue weighted by Crippen LogP contribution is -2.12. The van der Waals surface area contributed by atoms with Gasteiger partial charge in [-0.25, -0.2) is 8.42 Å². The van der Waals surface area contributed by atoms with Gasteiger partial charge >= 0.3 is 0 Å². The number of benzene rings is 2. The maximum absolute atomic E-state index is 12.4. The molecule has 9 heteroatoms. The summed E-state index contributed by atoms with van der Waals surface area (Å²) in [7, 11) is -3.17. The van der Waals surface area contributed by atoms with Gasteiger partial charge in [0.05, 0.1) is 10.8 Å². The van der Waals surface area contributed by atoms with Crippen LogP contribution in [0.2, 0.25) is 5.02 Å². The van der Waals surface area contributed by atoms with Gasteiger partial charge in [0.25, 0.3) is 5.91 Å². The Bertz CT molecular complexity index is 1060. The molecule has 6 nitrogen and oxygen atoms in total. The first kappa shape index (κ1) is 18.5. The van der Waals surface area contributed by atoms with Crippen LogP contribution in [-0.2, 0) is 15.6 Å². The lowest BCUT2D eigenvalue weighted by molar-refractivity contribution is 0.102. The van der Waals surface area contributed by atoms with Crippen molar-refractivity contribution in [2.45, 2.75) is 5.75 Å². The van der Waals surface area contributed by atoms with Gasteiger partial charge in [0.1, 0.15) is 0 Å². The molecule has 2 aromatic carbocycles. The molecule has 0 atom stereocenters. The van der Waals surface area contributed by atoms with Gasteiger partial charge in [-0.1, -0.05) is 53.3 Å². The standard InChI is InChI=1S/C17H14ClN3O3S2/c1-26(23,24)10-11-5-4-6-12(9-11)15(22)19-17-21-20-16(25-17)13-7-2-3-8-14(13)18/h2-9H,10H2,1H3,(H,19,21,22). The molecule has 0 radical (unpaired) electrons. The van der Waals surface area contributed by atoms with Crippen LogP contribution in [0.5, 0.6) is 0 Å². The van der Waals surface area contributed by atoms with Gasteiger partial charge in [0.2, 0.25) is 5.13 Å². The zero-order valence-electron chi connectivity index (χ0n) is 13.6. The maximum Gasteiger partial charge on any atom is 0.257 e. The highest BCUT2D eigenvalue weighted by Crippen LogP contribution is 2.31. The van der Waals surface area contributed by atoms with Crippen LogP contribution in [0.15, 0.2) is 48.5 Å². The second kappa shape index (κ2) is 7.53. The molecule has 0 unspecified atom stereocenters. The Morgan fingerprint density at radius 2 is 1.92 bits per heavy atom. The van der Waals surface area contributed by atoms with Gasteiger partial charge in [-0.3, -0.25) is 10.1 Å². The van der Waals surface area contributed by atoms with Crippen LogP contribution in [0.1, 0.15) is 15.9 Å². The molecular formula is C17H14ClN3O3S2. The van der Waals surface area contributed by atoms with E-state index in [1.807, 2.05) is 18.2 Å². The quantitative estimate of drug-likeness (QED) is 0.697. The zero-order chi connectivity index (χ0) is 18.7. The lowest BCUT2D eigenvalue weighted by atomic mass is 10.1. The van der Waals surface area contributed by atoms with Crippen molar-refractivity contribution in [2.24, 2.45) is 0 Å². The van der Waals surface area contributed by atoms with E-state index in [0.29, 0.717) is 26.3 Å². The van der Waals surface area contributed by atoms with Gasteiger partial charge in [0.15, 0.2) is 14.8 Å². The molecule has 0 saturated carbocycles. The fourth-order valence-corrected chi connectivity index (χ4v) is 4.14. The number of sulfone groups is 1. The Morgan fingerprint density at radius 3 is 2.65 bits per heavy atom. The molecule has 3 aromatic rings. The molecule has 0 spiro atoms. The number of amides is 1. The third kappa shape index (κ3) is 4.66. The number of nitrogens with zero attached hydrogens (tertiary/aromatic N) is 2. The van der Waals surface area contributed by atoms with Crippen molar-refractivity contribution in [3.05, 3.63) is 64.7 Å². The fourth-order valence-electron chi connectivity index (χ4n) is 2.29. The van der Waals surface area contributed by atoms with Crippen molar-refractivity contribution in [3.8, 4) is 10.6 Å². The van der Waals surface area contributed by atoms with E-state index in [0.717, 1.165) is 11.8 Å². The van der Waals surface area contributed by atoms with Crippen LogP contribution in [0.4, 0.5) is 5.13 Å². The molecule has 0 bridgehead atoms. The van der Waals surface area contributed by atoms with Crippen molar-refractivity contribution in [2.75, 3.05) is 11.6 Å².